The lowest BCUT2D eigenvalue weighted by Crippen LogP contribution is -2.30. The van der Waals surface area contributed by atoms with E-state index in [-0.39, 0.29) is 31.1 Å². The van der Waals surface area contributed by atoms with E-state index in [1.807, 2.05) is 0 Å². The minimum absolute atomic E-state index is 0.0720. The summed E-state index contributed by atoms with van der Waals surface area (Å²) in [5, 5.41) is 0. The van der Waals surface area contributed by atoms with Crippen LogP contribution in [-0.4, -0.2) is 37.2 Å². The summed E-state index contributed by atoms with van der Waals surface area (Å²) in [6.45, 7) is 6.52. The molecule has 0 saturated heterocycles. The van der Waals surface area contributed by atoms with E-state index in [2.05, 4.69) is 93.7 Å². The first-order valence-corrected chi connectivity index (χ1v) is 33.4. The molecule has 77 heavy (non-hydrogen) atoms. The lowest BCUT2D eigenvalue weighted by Gasteiger charge is -2.18. The Bertz CT molecular complexity index is 1420. The molecule has 0 aliphatic heterocycles. The predicted octanol–water partition coefficient (Wildman–Crippen LogP) is 22.9. The van der Waals surface area contributed by atoms with Crippen LogP contribution in [0.25, 0.3) is 0 Å². The molecule has 0 spiro atoms. The number of hydrogen-bond donors (Lipinski definition) is 0. The Morgan fingerprint density at radius 3 is 0.818 bits per heavy atom. The molecule has 0 aliphatic carbocycles. The Labute approximate surface area is 478 Å². The van der Waals surface area contributed by atoms with E-state index in [0.717, 1.165) is 89.9 Å². The third-order valence-corrected chi connectivity index (χ3v) is 14.7. The van der Waals surface area contributed by atoms with Crippen molar-refractivity contribution in [3.63, 3.8) is 0 Å². The highest BCUT2D eigenvalue weighted by Crippen LogP contribution is 2.17. The number of allylic oxidation sites excluding steroid dienone is 12. The maximum absolute atomic E-state index is 12.9. The van der Waals surface area contributed by atoms with Gasteiger partial charge in [-0.25, -0.2) is 0 Å². The molecule has 0 aromatic rings. The van der Waals surface area contributed by atoms with Crippen molar-refractivity contribution in [1.29, 1.82) is 0 Å². The van der Waals surface area contributed by atoms with Gasteiger partial charge in [-0.05, 0) is 89.9 Å². The lowest BCUT2D eigenvalue weighted by molar-refractivity contribution is -0.167. The van der Waals surface area contributed by atoms with Gasteiger partial charge in [0, 0.05) is 19.3 Å². The van der Waals surface area contributed by atoms with E-state index in [1.54, 1.807) is 0 Å². The van der Waals surface area contributed by atoms with Crippen molar-refractivity contribution in [3.05, 3.63) is 72.9 Å². The Kier molecular flexibility index (Phi) is 62.7. The molecule has 0 radical (unpaired) electrons. The Balaban J connectivity index is 4.10. The normalized spacial score (nSPS) is 12.5. The zero-order chi connectivity index (χ0) is 55.7. The Morgan fingerprint density at radius 2 is 0.506 bits per heavy atom. The summed E-state index contributed by atoms with van der Waals surface area (Å²) in [7, 11) is 0. The average Bonchev–Trinajstić information content (AvgIpc) is 3.43. The molecule has 0 N–H and O–H groups in total. The zero-order valence-electron chi connectivity index (χ0n) is 51.2. The average molecular weight is 1080 g/mol. The predicted molar refractivity (Wildman–Crippen MR) is 335 cm³/mol. The summed E-state index contributed by atoms with van der Waals surface area (Å²) >= 11 is 0. The highest BCUT2D eigenvalue weighted by molar-refractivity contribution is 5.71. The second-order valence-corrected chi connectivity index (χ2v) is 22.4. The van der Waals surface area contributed by atoms with Gasteiger partial charge in [-0.15, -0.1) is 0 Å². The summed E-state index contributed by atoms with van der Waals surface area (Å²) in [6, 6.07) is 0. The summed E-state index contributed by atoms with van der Waals surface area (Å²) in [6.07, 6.45) is 85.1. The number of carbonyl (C=O) groups is 3. The van der Waals surface area contributed by atoms with Crippen LogP contribution >= 0.6 is 0 Å². The molecular formula is C71H126O6. The minimum Gasteiger partial charge on any atom is -0.462 e. The van der Waals surface area contributed by atoms with Crippen LogP contribution in [0.1, 0.15) is 342 Å². The van der Waals surface area contributed by atoms with Crippen molar-refractivity contribution in [2.45, 2.75) is 348 Å². The van der Waals surface area contributed by atoms with Crippen LogP contribution in [-0.2, 0) is 28.6 Å². The van der Waals surface area contributed by atoms with Crippen molar-refractivity contribution in [2.24, 2.45) is 0 Å². The van der Waals surface area contributed by atoms with Gasteiger partial charge in [0.15, 0.2) is 6.10 Å². The minimum atomic E-state index is -0.774. The number of unbranched alkanes of at least 4 members (excludes halogenated alkanes) is 38. The maximum atomic E-state index is 12.9. The topological polar surface area (TPSA) is 78.9 Å². The fraction of sp³-hybridized carbons (Fsp3) is 0.789. The zero-order valence-corrected chi connectivity index (χ0v) is 51.2. The van der Waals surface area contributed by atoms with E-state index in [4.69, 9.17) is 14.2 Å². The SMILES string of the molecule is CC/C=C\C/C=C\C/C=C\C/C=C\CCCCCCCCCCCCCCCCCCCCC(=O)OCC(COC(=O)CCCCCCCCCCC)OC(=O)CCCCCCCCCCC/C=C\C/C=C\CCCCC. The fourth-order valence-corrected chi connectivity index (χ4v) is 9.70. The van der Waals surface area contributed by atoms with Gasteiger partial charge in [-0.1, -0.05) is 306 Å². The number of carbonyl (C=O) groups excluding carboxylic acids is 3. The second-order valence-electron chi connectivity index (χ2n) is 22.4. The van der Waals surface area contributed by atoms with Crippen molar-refractivity contribution in [2.75, 3.05) is 13.2 Å². The van der Waals surface area contributed by atoms with E-state index in [1.165, 1.54) is 212 Å². The smallest absolute Gasteiger partial charge is 0.306 e. The van der Waals surface area contributed by atoms with E-state index in [0.29, 0.717) is 19.3 Å². The molecule has 0 fully saturated rings. The monoisotopic (exact) mass is 1070 g/mol. The molecule has 0 aliphatic rings. The van der Waals surface area contributed by atoms with Gasteiger partial charge in [0.25, 0.3) is 0 Å². The number of esters is 3. The van der Waals surface area contributed by atoms with Gasteiger partial charge in [0.1, 0.15) is 13.2 Å². The first-order valence-electron chi connectivity index (χ1n) is 33.4. The molecule has 0 bridgehead atoms. The molecule has 6 heteroatoms. The second kappa shape index (κ2) is 65.4. The van der Waals surface area contributed by atoms with Crippen molar-refractivity contribution >= 4 is 17.9 Å². The van der Waals surface area contributed by atoms with Crippen LogP contribution in [0.3, 0.4) is 0 Å². The van der Waals surface area contributed by atoms with Crippen LogP contribution in [0.15, 0.2) is 72.9 Å². The highest BCUT2D eigenvalue weighted by Gasteiger charge is 2.19. The molecule has 1 atom stereocenters. The van der Waals surface area contributed by atoms with Gasteiger partial charge >= 0.3 is 17.9 Å². The van der Waals surface area contributed by atoms with Gasteiger partial charge in [-0.2, -0.15) is 0 Å². The van der Waals surface area contributed by atoms with Gasteiger partial charge in [0.2, 0.25) is 0 Å². The molecule has 6 nitrogen and oxygen atoms in total. The third-order valence-electron chi connectivity index (χ3n) is 14.7. The van der Waals surface area contributed by atoms with Crippen molar-refractivity contribution < 1.29 is 28.6 Å². The third kappa shape index (κ3) is 63.6. The van der Waals surface area contributed by atoms with E-state index >= 15 is 0 Å². The molecule has 0 aromatic carbocycles. The summed E-state index contributed by atoms with van der Waals surface area (Å²) in [4.78, 5) is 38.2. The summed E-state index contributed by atoms with van der Waals surface area (Å²) in [5.74, 6) is -0.861. The standard InChI is InChI=1S/C71H126O6/c1-4-7-10-13-16-19-21-23-25-27-29-30-31-32-33-34-35-36-37-38-39-40-42-43-45-47-49-52-55-58-61-64-70(73)76-67-68(66-75-69(72)63-60-57-54-51-18-15-12-9-6-3)77-71(74)65-62-59-56-53-50-48-46-44-41-28-26-24-22-20-17-14-11-8-5-2/h7,10,16-17,19-20,23-26,29-30,68H,4-6,8-9,11-15,18,21-22,27-28,31-67H2,1-3H3/b10-7-,19-16-,20-17-,25-23-,26-24-,30-29-. The quantitative estimate of drug-likeness (QED) is 0.0261. The fourth-order valence-electron chi connectivity index (χ4n) is 9.70. The van der Waals surface area contributed by atoms with Gasteiger partial charge in [-0.3, -0.25) is 14.4 Å². The van der Waals surface area contributed by atoms with Crippen LogP contribution in [0, 0.1) is 0 Å². The Morgan fingerprint density at radius 1 is 0.273 bits per heavy atom. The lowest BCUT2D eigenvalue weighted by atomic mass is 10.0. The first-order chi connectivity index (χ1) is 38.0. The van der Waals surface area contributed by atoms with Crippen LogP contribution < -0.4 is 0 Å². The van der Waals surface area contributed by atoms with Crippen LogP contribution in [0.5, 0.6) is 0 Å². The Hall–Kier alpha value is -3.15. The molecule has 0 amide bonds. The maximum Gasteiger partial charge on any atom is 0.306 e. The number of hydrogen-bond acceptors (Lipinski definition) is 6. The largest absolute Gasteiger partial charge is 0.462 e. The molecule has 446 valence electrons. The molecule has 0 rings (SSSR count). The summed E-state index contributed by atoms with van der Waals surface area (Å²) in [5.41, 5.74) is 0. The number of ether oxygens (including phenoxy) is 3. The van der Waals surface area contributed by atoms with Gasteiger partial charge in [0.05, 0.1) is 0 Å². The highest BCUT2D eigenvalue weighted by atomic mass is 16.6. The van der Waals surface area contributed by atoms with E-state index < -0.39 is 6.10 Å². The first kappa shape index (κ1) is 73.8. The van der Waals surface area contributed by atoms with Gasteiger partial charge < -0.3 is 14.2 Å². The number of rotatable bonds is 61. The van der Waals surface area contributed by atoms with Crippen molar-refractivity contribution in [3.8, 4) is 0 Å². The molecule has 0 saturated carbocycles. The van der Waals surface area contributed by atoms with E-state index in [9.17, 15) is 14.4 Å². The molecule has 0 heterocycles. The van der Waals surface area contributed by atoms with Crippen LogP contribution in [0.4, 0.5) is 0 Å². The van der Waals surface area contributed by atoms with Crippen molar-refractivity contribution in [1.82, 2.24) is 0 Å². The molecule has 0 aromatic heterocycles. The molecule has 1 unspecified atom stereocenters. The molecular weight excluding hydrogens is 949 g/mol. The van der Waals surface area contributed by atoms with Crippen LogP contribution in [0.2, 0.25) is 0 Å². The summed E-state index contributed by atoms with van der Waals surface area (Å²) < 4.78 is 16.9.